The minimum Gasteiger partial charge on any atom is -0.340 e. The second-order valence-corrected chi connectivity index (χ2v) is 8.37. The number of hydrogen-bond donors (Lipinski definition) is 1. The number of likely N-dealkylation sites (tertiary alicyclic amines) is 1. The van der Waals surface area contributed by atoms with Crippen molar-refractivity contribution >= 4 is 17.7 Å². The van der Waals surface area contributed by atoms with Gasteiger partial charge in [0.25, 0.3) is 0 Å². The third-order valence-electron chi connectivity index (χ3n) is 5.31. The summed E-state index contributed by atoms with van der Waals surface area (Å²) < 4.78 is 26.9. The van der Waals surface area contributed by atoms with Crippen molar-refractivity contribution in [2.45, 2.75) is 41.5 Å². The van der Waals surface area contributed by atoms with Crippen LogP contribution in [0.3, 0.4) is 0 Å². The van der Waals surface area contributed by atoms with Crippen molar-refractivity contribution in [3.8, 4) is 0 Å². The molecule has 0 spiro atoms. The number of nitrogens with one attached hydrogen (secondary N) is 1. The van der Waals surface area contributed by atoms with Crippen molar-refractivity contribution in [3.63, 3.8) is 0 Å². The molecule has 0 saturated carbocycles. The van der Waals surface area contributed by atoms with Crippen LogP contribution in [0.15, 0.2) is 53.4 Å². The monoisotopic (exact) mass is 388 g/mol. The number of hydrogen-bond acceptors (Lipinski definition) is 3. The fraction of sp³-hybridized carbons (Fsp3) is 0.381. The molecule has 2 aromatic rings. The molecule has 3 atom stereocenters. The van der Waals surface area contributed by atoms with E-state index < -0.39 is 16.9 Å². The predicted octanol–water partition coefficient (Wildman–Crippen LogP) is 4.15. The van der Waals surface area contributed by atoms with Crippen LogP contribution in [0.1, 0.15) is 30.1 Å². The van der Waals surface area contributed by atoms with Crippen LogP contribution in [-0.2, 0) is 4.79 Å². The summed E-state index contributed by atoms with van der Waals surface area (Å²) >= 11 is 1.27. The molecule has 2 aliphatic heterocycles. The van der Waals surface area contributed by atoms with Crippen LogP contribution in [0, 0.1) is 11.6 Å². The number of rotatable bonds is 4. The highest BCUT2D eigenvalue weighted by Gasteiger charge is 2.34. The number of carbonyl (C=O) groups excluding carboxylic acids is 1. The fourth-order valence-electron chi connectivity index (χ4n) is 3.88. The molecular weight excluding hydrogens is 366 g/mol. The van der Waals surface area contributed by atoms with Crippen LogP contribution in [0.4, 0.5) is 8.78 Å². The van der Waals surface area contributed by atoms with E-state index in [2.05, 4.69) is 5.32 Å². The highest BCUT2D eigenvalue weighted by molar-refractivity contribution is 8.00. The molecule has 0 aromatic heterocycles. The average Bonchev–Trinajstić information content (AvgIpc) is 3.01. The van der Waals surface area contributed by atoms with Crippen molar-refractivity contribution in [3.05, 3.63) is 65.7 Å². The molecule has 6 heteroatoms. The highest BCUT2D eigenvalue weighted by atomic mass is 32.2. The molecule has 142 valence electrons. The lowest BCUT2D eigenvalue weighted by Gasteiger charge is -2.28. The predicted molar refractivity (Wildman–Crippen MR) is 103 cm³/mol. The molecule has 1 amide bonds. The van der Waals surface area contributed by atoms with Gasteiger partial charge in [-0.15, -0.1) is 11.8 Å². The van der Waals surface area contributed by atoms with Crippen molar-refractivity contribution in [1.82, 2.24) is 10.2 Å². The van der Waals surface area contributed by atoms with Crippen LogP contribution in [-0.4, -0.2) is 36.0 Å². The normalized spacial score (nSPS) is 23.1. The van der Waals surface area contributed by atoms with E-state index in [1.54, 1.807) is 0 Å². The van der Waals surface area contributed by atoms with Crippen LogP contribution >= 0.6 is 11.8 Å². The molecule has 4 rings (SSSR count). The smallest absolute Gasteiger partial charge is 0.240 e. The van der Waals surface area contributed by atoms with Gasteiger partial charge in [0.2, 0.25) is 5.91 Å². The molecule has 0 radical (unpaired) electrons. The van der Waals surface area contributed by atoms with Gasteiger partial charge in [0.1, 0.15) is 5.25 Å². The summed E-state index contributed by atoms with van der Waals surface area (Å²) in [5, 5.41) is 3.11. The molecule has 2 saturated heterocycles. The van der Waals surface area contributed by atoms with Gasteiger partial charge in [-0.3, -0.25) is 4.79 Å². The molecule has 2 aliphatic rings. The number of fused-ring (bicyclic) bond motifs is 2. The minimum absolute atomic E-state index is 0.0327. The number of benzene rings is 2. The Morgan fingerprint density at radius 2 is 1.81 bits per heavy atom. The van der Waals surface area contributed by atoms with E-state index in [0.29, 0.717) is 23.5 Å². The maximum Gasteiger partial charge on any atom is 0.240 e. The Morgan fingerprint density at radius 3 is 2.59 bits per heavy atom. The van der Waals surface area contributed by atoms with Crippen molar-refractivity contribution in [2.24, 2.45) is 0 Å². The van der Waals surface area contributed by atoms with E-state index in [1.807, 2.05) is 35.2 Å². The number of thioether (sulfide) groups is 1. The molecule has 2 aromatic carbocycles. The summed E-state index contributed by atoms with van der Waals surface area (Å²) in [6.45, 7) is 1.44. The quantitative estimate of drug-likeness (QED) is 0.799. The summed E-state index contributed by atoms with van der Waals surface area (Å²) in [7, 11) is 0. The third kappa shape index (κ3) is 4.17. The van der Waals surface area contributed by atoms with E-state index in [4.69, 9.17) is 0 Å². The maximum absolute atomic E-state index is 13.7. The fourth-order valence-corrected chi connectivity index (χ4v) is 5.02. The van der Waals surface area contributed by atoms with Crippen molar-refractivity contribution < 1.29 is 13.6 Å². The lowest BCUT2D eigenvalue weighted by molar-refractivity contribution is -0.131. The summed E-state index contributed by atoms with van der Waals surface area (Å²) in [6, 6.07) is 14.2. The van der Waals surface area contributed by atoms with E-state index in [1.165, 1.54) is 24.2 Å². The molecule has 2 bridgehead atoms. The Balaban J connectivity index is 1.59. The van der Waals surface area contributed by atoms with E-state index in [0.717, 1.165) is 37.1 Å². The second-order valence-electron chi connectivity index (χ2n) is 7.20. The topological polar surface area (TPSA) is 32.3 Å². The van der Waals surface area contributed by atoms with Gasteiger partial charge < -0.3 is 10.2 Å². The standard InChI is InChI=1S/C21H22F2N2OS/c22-18-9-8-17(12-19(18)23)27-20(14-4-2-1-3-5-14)21(26)25-11-10-15-6-7-16(13-25)24-15/h1-5,8-9,12,15-16,20,24H,6-7,10-11,13H2. The third-order valence-corrected chi connectivity index (χ3v) is 6.54. The van der Waals surface area contributed by atoms with Crippen molar-refractivity contribution in [2.75, 3.05) is 13.1 Å². The first-order chi connectivity index (χ1) is 13.1. The molecule has 1 N–H and O–H groups in total. The number of nitrogens with zero attached hydrogens (tertiary/aromatic N) is 1. The Labute approximate surface area is 162 Å². The zero-order valence-electron chi connectivity index (χ0n) is 14.9. The zero-order chi connectivity index (χ0) is 18.8. The maximum atomic E-state index is 13.7. The van der Waals surface area contributed by atoms with Crippen LogP contribution in [0.2, 0.25) is 0 Å². The summed E-state index contributed by atoms with van der Waals surface area (Å²) in [4.78, 5) is 15.9. The van der Waals surface area contributed by atoms with Gasteiger partial charge in [-0.25, -0.2) is 8.78 Å². The molecule has 2 fully saturated rings. The lowest BCUT2D eigenvalue weighted by Crippen LogP contribution is -2.40. The Bertz CT molecular complexity index is 817. The van der Waals surface area contributed by atoms with Crippen molar-refractivity contribution in [1.29, 1.82) is 0 Å². The van der Waals surface area contributed by atoms with Gasteiger partial charge in [0.15, 0.2) is 11.6 Å². The lowest BCUT2D eigenvalue weighted by atomic mass is 10.1. The summed E-state index contributed by atoms with van der Waals surface area (Å²) in [5.74, 6) is -1.74. The number of amides is 1. The second kappa shape index (κ2) is 7.98. The largest absolute Gasteiger partial charge is 0.340 e. The van der Waals surface area contributed by atoms with E-state index in [9.17, 15) is 13.6 Å². The van der Waals surface area contributed by atoms with Gasteiger partial charge in [0, 0.05) is 30.1 Å². The van der Waals surface area contributed by atoms with Gasteiger partial charge in [0.05, 0.1) is 0 Å². The number of carbonyl (C=O) groups is 1. The van der Waals surface area contributed by atoms with Crippen LogP contribution in [0.5, 0.6) is 0 Å². The molecule has 0 aliphatic carbocycles. The minimum atomic E-state index is -0.893. The summed E-state index contributed by atoms with van der Waals surface area (Å²) in [5.41, 5.74) is 0.875. The highest BCUT2D eigenvalue weighted by Crippen LogP contribution is 2.38. The van der Waals surface area contributed by atoms with Gasteiger partial charge in [-0.2, -0.15) is 0 Å². The molecule has 3 unspecified atom stereocenters. The van der Waals surface area contributed by atoms with Crippen LogP contribution in [0.25, 0.3) is 0 Å². The molecule has 27 heavy (non-hydrogen) atoms. The Morgan fingerprint density at radius 1 is 1.04 bits per heavy atom. The first-order valence-corrected chi connectivity index (χ1v) is 10.2. The van der Waals surface area contributed by atoms with E-state index >= 15 is 0 Å². The molecular formula is C21H22F2N2OS. The van der Waals surface area contributed by atoms with E-state index in [-0.39, 0.29) is 5.91 Å². The Kier molecular flexibility index (Phi) is 5.45. The molecule has 2 heterocycles. The first-order valence-electron chi connectivity index (χ1n) is 9.31. The van der Waals surface area contributed by atoms with Gasteiger partial charge >= 0.3 is 0 Å². The van der Waals surface area contributed by atoms with Gasteiger partial charge in [-0.05, 0) is 43.0 Å². The molecule has 3 nitrogen and oxygen atoms in total. The van der Waals surface area contributed by atoms with Crippen LogP contribution < -0.4 is 5.32 Å². The average molecular weight is 388 g/mol. The SMILES string of the molecule is O=C(C(Sc1ccc(F)c(F)c1)c1ccccc1)N1CCC2CCC(C1)N2. The first kappa shape index (κ1) is 18.4. The van der Waals surface area contributed by atoms with Gasteiger partial charge in [-0.1, -0.05) is 30.3 Å². The Hall–Kier alpha value is -1.92. The number of halogens is 2. The zero-order valence-corrected chi connectivity index (χ0v) is 15.7. The summed E-state index contributed by atoms with van der Waals surface area (Å²) in [6.07, 6.45) is 3.23.